The largest absolute Gasteiger partial charge is 0.297 e. The van der Waals surface area contributed by atoms with E-state index in [0.717, 1.165) is 25.1 Å². The Morgan fingerprint density at radius 2 is 2.06 bits per heavy atom. The maximum atomic E-state index is 6.13. The van der Waals surface area contributed by atoms with Gasteiger partial charge in [0.05, 0.1) is 0 Å². The highest BCUT2D eigenvalue weighted by Gasteiger charge is 2.12. The molecule has 1 atom stereocenters. The lowest BCUT2D eigenvalue weighted by Gasteiger charge is -2.27. The molecule has 1 aromatic heterocycles. The van der Waals surface area contributed by atoms with Gasteiger partial charge < -0.3 is 0 Å². The van der Waals surface area contributed by atoms with Crippen molar-refractivity contribution in [3.63, 3.8) is 0 Å². The van der Waals surface area contributed by atoms with Crippen molar-refractivity contribution in [2.24, 2.45) is 0 Å². The minimum absolute atomic E-state index is 0.445. The summed E-state index contributed by atoms with van der Waals surface area (Å²) in [6.07, 6.45) is 2.89. The highest BCUT2D eigenvalue weighted by atomic mass is 35.5. The van der Waals surface area contributed by atoms with Crippen LogP contribution < -0.4 is 0 Å². The van der Waals surface area contributed by atoms with E-state index in [1.807, 2.05) is 0 Å². The summed E-state index contributed by atoms with van der Waals surface area (Å²) in [5.74, 6) is 0. The maximum Gasteiger partial charge on any atom is 0.130 e. The summed E-state index contributed by atoms with van der Waals surface area (Å²) in [6.45, 7) is 8.40. The van der Waals surface area contributed by atoms with Crippen molar-refractivity contribution in [3.05, 3.63) is 28.0 Å². The van der Waals surface area contributed by atoms with E-state index < -0.39 is 0 Å². The summed E-state index contributed by atoms with van der Waals surface area (Å²) in [6, 6.07) is 2.25. The van der Waals surface area contributed by atoms with Crippen molar-refractivity contribution in [3.8, 4) is 0 Å². The molecule has 0 fully saturated rings. The van der Waals surface area contributed by atoms with Crippen LogP contribution in [0.1, 0.15) is 32.8 Å². The van der Waals surface area contributed by atoms with Gasteiger partial charge >= 0.3 is 0 Å². The number of hydrogen-bond donors (Lipinski definition) is 0. The summed E-state index contributed by atoms with van der Waals surface area (Å²) in [7, 11) is 0. The second kappa shape index (κ2) is 6.43. The number of pyridine rings is 1. The molecule has 0 saturated heterocycles. The van der Waals surface area contributed by atoms with Gasteiger partial charge in [0, 0.05) is 29.4 Å². The summed E-state index contributed by atoms with van der Waals surface area (Å²) < 4.78 is 0. The third-order valence-electron chi connectivity index (χ3n) is 2.89. The van der Waals surface area contributed by atoms with E-state index in [1.54, 1.807) is 12.3 Å². The molecule has 0 aliphatic carbocycles. The van der Waals surface area contributed by atoms with E-state index in [-0.39, 0.29) is 0 Å². The van der Waals surface area contributed by atoms with E-state index >= 15 is 0 Å². The second-order valence-corrected chi connectivity index (χ2v) is 4.71. The SMILES string of the molecule is CCC(C)N(CC)Cc1cnc(Cl)cc1Cl. The normalized spacial score (nSPS) is 13.1. The van der Waals surface area contributed by atoms with Crippen LogP contribution in [0.15, 0.2) is 12.3 Å². The molecule has 1 aromatic rings. The predicted molar refractivity (Wildman–Crippen MR) is 70.1 cm³/mol. The fraction of sp³-hybridized carbons (Fsp3) is 0.583. The molecule has 2 nitrogen and oxygen atoms in total. The zero-order chi connectivity index (χ0) is 12.1. The van der Waals surface area contributed by atoms with Crippen LogP contribution in [0.2, 0.25) is 10.2 Å². The quantitative estimate of drug-likeness (QED) is 0.744. The Labute approximate surface area is 108 Å². The average molecular weight is 261 g/mol. The molecule has 1 heterocycles. The van der Waals surface area contributed by atoms with Crippen molar-refractivity contribution in [1.82, 2.24) is 9.88 Å². The first kappa shape index (κ1) is 13.8. The molecule has 0 radical (unpaired) electrons. The minimum atomic E-state index is 0.445. The Kier molecular flexibility index (Phi) is 5.53. The van der Waals surface area contributed by atoms with Gasteiger partial charge in [0.25, 0.3) is 0 Å². The molecule has 4 heteroatoms. The van der Waals surface area contributed by atoms with Crippen LogP contribution in [0.3, 0.4) is 0 Å². The molecule has 90 valence electrons. The van der Waals surface area contributed by atoms with E-state index in [1.165, 1.54) is 0 Å². The Morgan fingerprint density at radius 1 is 1.38 bits per heavy atom. The fourth-order valence-electron chi connectivity index (χ4n) is 1.61. The van der Waals surface area contributed by atoms with Gasteiger partial charge in [-0.05, 0) is 26.0 Å². The predicted octanol–water partition coefficient (Wildman–Crippen LogP) is 4.01. The zero-order valence-corrected chi connectivity index (χ0v) is 11.5. The van der Waals surface area contributed by atoms with Gasteiger partial charge in [-0.25, -0.2) is 4.98 Å². The molecule has 0 amide bonds. The summed E-state index contributed by atoms with van der Waals surface area (Å²) >= 11 is 11.9. The second-order valence-electron chi connectivity index (χ2n) is 3.92. The molecule has 1 rings (SSSR count). The average Bonchev–Trinajstić information content (AvgIpc) is 2.27. The molecule has 0 aliphatic heterocycles. The monoisotopic (exact) mass is 260 g/mol. The van der Waals surface area contributed by atoms with E-state index in [9.17, 15) is 0 Å². The van der Waals surface area contributed by atoms with Crippen LogP contribution in [-0.4, -0.2) is 22.5 Å². The van der Waals surface area contributed by atoms with Crippen molar-refractivity contribution in [2.75, 3.05) is 6.54 Å². The number of nitrogens with zero attached hydrogens (tertiary/aromatic N) is 2. The molecule has 16 heavy (non-hydrogen) atoms. The van der Waals surface area contributed by atoms with Gasteiger partial charge in [0.15, 0.2) is 0 Å². The van der Waals surface area contributed by atoms with Gasteiger partial charge in [-0.1, -0.05) is 37.0 Å². The van der Waals surface area contributed by atoms with Gasteiger partial charge in [0.2, 0.25) is 0 Å². The molecule has 0 bridgehead atoms. The fourth-order valence-corrected chi connectivity index (χ4v) is 2.03. The number of halogens is 2. The molecule has 1 unspecified atom stereocenters. The van der Waals surface area contributed by atoms with Crippen molar-refractivity contribution in [2.45, 2.75) is 39.8 Å². The lowest BCUT2D eigenvalue weighted by Crippen LogP contribution is -2.31. The van der Waals surface area contributed by atoms with Crippen LogP contribution in [0.4, 0.5) is 0 Å². The number of hydrogen-bond acceptors (Lipinski definition) is 2. The van der Waals surface area contributed by atoms with Gasteiger partial charge in [-0.15, -0.1) is 0 Å². The Hall–Kier alpha value is -0.310. The third kappa shape index (κ3) is 3.62. The van der Waals surface area contributed by atoms with Crippen LogP contribution in [0.25, 0.3) is 0 Å². The number of aromatic nitrogens is 1. The highest BCUT2D eigenvalue weighted by molar-refractivity contribution is 6.34. The van der Waals surface area contributed by atoms with Crippen LogP contribution in [0.5, 0.6) is 0 Å². The third-order valence-corrected chi connectivity index (χ3v) is 3.45. The van der Waals surface area contributed by atoms with Crippen molar-refractivity contribution in [1.29, 1.82) is 0 Å². The zero-order valence-electron chi connectivity index (χ0n) is 10.0. The smallest absolute Gasteiger partial charge is 0.130 e. The molecular weight excluding hydrogens is 243 g/mol. The standard InChI is InChI=1S/C12H18Cl2N2/c1-4-9(3)16(5-2)8-10-7-15-12(14)6-11(10)13/h6-7,9H,4-5,8H2,1-3H3. The van der Waals surface area contributed by atoms with Crippen molar-refractivity contribution < 1.29 is 0 Å². The lowest BCUT2D eigenvalue weighted by molar-refractivity contribution is 0.206. The molecular formula is C12H18Cl2N2. The number of rotatable bonds is 5. The topological polar surface area (TPSA) is 16.1 Å². The van der Waals surface area contributed by atoms with Crippen LogP contribution >= 0.6 is 23.2 Å². The highest BCUT2D eigenvalue weighted by Crippen LogP contribution is 2.21. The molecule has 0 aromatic carbocycles. The van der Waals surface area contributed by atoms with Crippen LogP contribution in [0, 0.1) is 0 Å². The summed E-state index contributed by atoms with van der Waals surface area (Å²) in [5.41, 5.74) is 1.04. The van der Waals surface area contributed by atoms with Crippen molar-refractivity contribution >= 4 is 23.2 Å². The van der Waals surface area contributed by atoms with Gasteiger partial charge in [0.1, 0.15) is 5.15 Å². The maximum absolute atomic E-state index is 6.13. The Bertz CT molecular complexity index is 342. The Morgan fingerprint density at radius 3 is 2.56 bits per heavy atom. The first-order valence-corrected chi connectivity index (χ1v) is 6.38. The Balaban J connectivity index is 2.78. The van der Waals surface area contributed by atoms with E-state index in [0.29, 0.717) is 16.2 Å². The molecule has 0 spiro atoms. The summed E-state index contributed by atoms with van der Waals surface area (Å²) in [5, 5.41) is 1.14. The lowest BCUT2D eigenvalue weighted by atomic mass is 10.2. The molecule has 0 saturated carbocycles. The summed E-state index contributed by atoms with van der Waals surface area (Å²) in [4.78, 5) is 6.44. The van der Waals surface area contributed by atoms with E-state index in [4.69, 9.17) is 23.2 Å². The van der Waals surface area contributed by atoms with Gasteiger partial charge in [-0.2, -0.15) is 0 Å². The van der Waals surface area contributed by atoms with Crippen LogP contribution in [-0.2, 0) is 6.54 Å². The first-order chi connectivity index (χ1) is 7.58. The van der Waals surface area contributed by atoms with Gasteiger partial charge in [-0.3, -0.25) is 4.90 Å². The minimum Gasteiger partial charge on any atom is -0.297 e. The van der Waals surface area contributed by atoms with E-state index in [2.05, 4.69) is 30.7 Å². The molecule has 0 aliphatic rings. The molecule has 0 N–H and O–H groups in total. The first-order valence-electron chi connectivity index (χ1n) is 5.62.